The minimum absolute atomic E-state index is 0.00239. The highest BCUT2D eigenvalue weighted by atomic mass is 16.5. The molecule has 5 heteroatoms. The SMILES string of the molecule is CCC(C)C(=O)NC(c1cccc(C2CCOCC2)n1)C1CCCO1. The van der Waals surface area contributed by atoms with Crippen LogP contribution in [0.3, 0.4) is 0 Å². The first-order valence-corrected chi connectivity index (χ1v) is 9.65. The minimum Gasteiger partial charge on any atom is -0.381 e. The maximum Gasteiger partial charge on any atom is 0.223 e. The van der Waals surface area contributed by atoms with E-state index >= 15 is 0 Å². The van der Waals surface area contributed by atoms with Crippen LogP contribution in [0.4, 0.5) is 0 Å². The fourth-order valence-electron chi connectivity index (χ4n) is 3.57. The maximum absolute atomic E-state index is 12.5. The number of nitrogens with one attached hydrogen (secondary N) is 1. The molecule has 1 aromatic rings. The second-order valence-corrected chi connectivity index (χ2v) is 7.22. The van der Waals surface area contributed by atoms with Crippen LogP contribution in [0.5, 0.6) is 0 Å². The van der Waals surface area contributed by atoms with Crippen LogP contribution in [-0.4, -0.2) is 36.8 Å². The van der Waals surface area contributed by atoms with Crippen molar-refractivity contribution in [3.63, 3.8) is 0 Å². The molecular formula is C20H30N2O3. The van der Waals surface area contributed by atoms with Crippen molar-refractivity contribution in [1.29, 1.82) is 0 Å². The monoisotopic (exact) mass is 346 g/mol. The van der Waals surface area contributed by atoms with Crippen LogP contribution in [0.25, 0.3) is 0 Å². The molecule has 0 bridgehead atoms. The van der Waals surface area contributed by atoms with Crippen molar-refractivity contribution >= 4 is 5.91 Å². The molecule has 1 amide bonds. The molecular weight excluding hydrogens is 316 g/mol. The van der Waals surface area contributed by atoms with Crippen molar-refractivity contribution in [2.24, 2.45) is 5.92 Å². The lowest BCUT2D eigenvalue weighted by Crippen LogP contribution is -2.39. The van der Waals surface area contributed by atoms with Gasteiger partial charge in [0.2, 0.25) is 5.91 Å². The van der Waals surface area contributed by atoms with Gasteiger partial charge in [0.15, 0.2) is 0 Å². The number of amides is 1. The van der Waals surface area contributed by atoms with Gasteiger partial charge in [-0.25, -0.2) is 0 Å². The highest BCUT2D eigenvalue weighted by Gasteiger charge is 2.31. The lowest BCUT2D eigenvalue weighted by atomic mass is 9.95. The Labute approximate surface area is 150 Å². The molecule has 3 heterocycles. The lowest BCUT2D eigenvalue weighted by Gasteiger charge is -2.27. The normalized spacial score (nSPS) is 24.0. The molecule has 3 atom stereocenters. The lowest BCUT2D eigenvalue weighted by molar-refractivity contribution is -0.126. The van der Waals surface area contributed by atoms with Crippen LogP contribution in [0.2, 0.25) is 0 Å². The van der Waals surface area contributed by atoms with Crippen molar-refractivity contribution in [1.82, 2.24) is 10.3 Å². The minimum atomic E-state index is -0.163. The van der Waals surface area contributed by atoms with Crippen LogP contribution in [0.1, 0.15) is 69.3 Å². The van der Waals surface area contributed by atoms with Gasteiger partial charge in [0.25, 0.3) is 0 Å². The number of hydrogen-bond donors (Lipinski definition) is 1. The molecule has 5 nitrogen and oxygen atoms in total. The largest absolute Gasteiger partial charge is 0.381 e. The smallest absolute Gasteiger partial charge is 0.223 e. The second kappa shape index (κ2) is 8.77. The summed E-state index contributed by atoms with van der Waals surface area (Å²) in [5, 5.41) is 3.20. The van der Waals surface area contributed by atoms with Gasteiger partial charge in [-0.05, 0) is 44.2 Å². The Bertz CT molecular complexity index is 566. The Kier molecular flexibility index (Phi) is 6.43. The first-order chi connectivity index (χ1) is 12.2. The number of carbonyl (C=O) groups excluding carboxylic acids is 1. The number of rotatable bonds is 6. The molecule has 138 valence electrons. The second-order valence-electron chi connectivity index (χ2n) is 7.22. The Morgan fingerprint density at radius 2 is 2.08 bits per heavy atom. The topological polar surface area (TPSA) is 60.5 Å². The van der Waals surface area contributed by atoms with E-state index in [4.69, 9.17) is 14.5 Å². The van der Waals surface area contributed by atoms with Gasteiger partial charge in [-0.2, -0.15) is 0 Å². The van der Waals surface area contributed by atoms with Crippen molar-refractivity contribution in [3.05, 3.63) is 29.6 Å². The third kappa shape index (κ3) is 4.59. The van der Waals surface area contributed by atoms with E-state index in [9.17, 15) is 4.79 Å². The third-order valence-electron chi connectivity index (χ3n) is 5.44. The van der Waals surface area contributed by atoms with E-state index in [0.29, 0.717) is 5.92 Å². The number of pyridine rings is 1. The van der Waals surface area contributed by atoms with Gasteiger partial charge < -0.3 is 14.8 Å². The van der Waals surface area contributed by atoms with Crippen LogP contribution in [0, 0.1) is 5.92 Å². The van der Waals surface area contributed by atoms with E-state index in [1.54, 1.807) is 0 Å². The summed E-state index contributed by atoms with van der Waals surface area (Å²) in [5.41, 5.74) is 2.04. The van der Waals surface area contributed by atoms with Gasteiger partial charge in [0.05, 0.1) is 17.8 Å². The summed E-state index contributed by atoms with van der Waals surface area (Å²) in [7, 11) is 0. The van der Waals surface area contributed by atoms with E-state index in [2.05, 4.69) is 17.4 Å². The van der Waals surface area contributed by atoms with E-state index < -0.39 is 0 Å². The molecule has 3 rings (SSSR count). The molecule has 2 aliphatic heterocycles. The van der Waals surface area contributed by atoms with Crippen LogP contribution in [-0.2, 0) is 14.3 Å². The average molecular weight is 346 g/mol. The Morgan fingerprint density at radius 3 is 2.76 bits per heavy atom. The van der Waals surface area contributed by atoms with Crippen molar-refractivity contribution < 1.29 is 14.3 Å². The highest BCUT2D eigenvalue weighted by Crippen LogP contribution is 2.30. The van der Waals surface area contributed by atoms with Crippen LogP contribution in [0.15, 0.2) is 18.2 Å². The van der Waals surface area contributed by atoms with Crippen LogP contribution < -0.4 is 5.32 Å². The molecule has 0 saturated carbocycles. The molecule has 25 heavy (non-hydrogen) atoms. The Morgan fingerprint density at radius 1 is 1.28 bits per heavy atom. The van der Waals surface area contributed by atoms with Gasteiger partial charge in [-0.15, -0.1) is 0 Å². The number of carbonyl (C=O) groups is 1. The Hall–Kier alpha value is -1.46. The summed E-state index contributed by atoms with van der Waals surface area (Å²) < 4.78 is 11.4. The van der Waals surface area contributed by atoms with Crippen molar-refractivity contribution in [2.45, 2.75) is 64.0 Å². The molecule has 3 unspecified atom stereocenters. The molecule has 0 radical (unpaired) electrons. The van der Waals surface area contributed by atoms with Gasteiger partial charge in [0.1, 0.15) is 0 Å². The van der Waals surface area contributed by atoms with E-state index in [0.717, 1.165) is 63.3 Å². The number of nitrogens with zero attached hydrogens (tertiary/aromatic N) is 1. The number of aromatic nitrogens is 1. The number of ether oxygens (including phenoxy) is 2. The fraction of sp³-hybridized carbons (Fsp3) is 0.700. The van der Waals surface area contributed by atoms with Crippen molar-refractivity contribution in [2.75, 3.05) is 19.8 Å². The first-order valence-electron chi connectivity index (χ1n) is 9.65. The quantitative estimate of drug-likeness (QED) is 0.858. The molecule has 2 aliphatic rings. The zero-order valence-corrected chi connectivity index (χ0v) is 15.4. The first kappa shape index (κ1) is 18.3. The van der Waals surface area contributed by atoms with Gasteiger partial charge >= 0.3 is 0 Å². The van der Waals surface area contributed by atoms with Gasteiger partial charge in [-0.1, -0.05) is 19.9 Å². The van der Waals surface area contributed by atoms with Gasteiger partial charge in [0, 0.05) is 37.4 Å². The molecule has 0 aromatic carbocycles. The molecule has 1 N–H and O–H groups in total. The van der Waals surface area contributed by atoms with Gasteiger partial charge in [-0.3, -0.25) is 9.78 Å². The number of hydrogen-bond acceptors (Lipinski definition) is 4. The summed E-state index contributed by atoms with van der Waals surface area (Å²) >= 11 is 0. The van der Waals surface area contributed by atoms with E-state index in [1.807, 2.05) is 19.9 Å². The fourth-order valence-corrected chi connectivity index (χ4v) is 3.57. The summed E-state index contributed by atoms with van der Waals surface area (Å²) in [6, 6.07) is 6.02. The predicted octanol–water partition coefficient (Wildman–Crippen LogP) is 3.36. The van der Waals surface area contributed by atoms with E-state index in [-0.39, 0.29) is 24.0 Å². The molecule has 1 aromatic heterocycles. The Balaban J connectivity index is 1.80. The summed E-state index contributed by atoms with van der Waals surface area (Å²) in [5.74, 6) is 0.535. The molecule has 0 spiro atoms. The third-order valence-corrected chi connectivity index (χ3v) is 5.44. The standard InChI is InChI=1S/C20H30N2O3/c1-3-14(2)20(23)22-19(18-8-5-11-25-18)17-7-4-6-16(21-17)15-9-12-24-13-10-15/h4,6-7,14-15,18-19H,3,5,8-13H2,1-2H3,(H,22,23). The maximum atomic E-state index is 12.5. The highest BCUT2D eigenvalue weighted by molar-refractivity contribution is 5.78. The molecule has 0 aliphatic carbocycles. The van der Waals surface area contributed by atoms with Crippen LogP contribution >= 0.6 is 0 Å². The molecule has 2 saturated heterocycles. The zero-order chi connectivity index (χ0) is 17.6. The van der Waals surface area contributed by atoms with E-state index in [1.165, 1.54) is 0 Å². The summed E-state index contributed by atoms with van der Waals surface area (Å²) in [6.07, 6.45) is 4.89. The van der Waals surface area contributed by atoms with Crippen molar-refractivity contribution in [3.8, 4) is 0 Å². The molecule has 2 fully saturated rings. The summed E-state index contributed by atoms with van der Waals surface area (Å²) in [4.78, 5) is 17.4. The zero-order valence-electron chi connectivity index (χ0n) is 15.4. The summed E-state index contributed by atoms with van der Waals surface area (Å²) in [6.45, 7) is 6.37. The predicted molar refractivity (Wildman–Crippen MR) is 96.3 cm³/mol. The average Bonchev–Trinajstić information content (AvgIpc) is 3.20.